The Labute approximate surface area is 190 Å². The van der Waals surface area contributed by atoms with Crippen molar-refractivity contribution in [3.05, 3.63) is 71.5 Å². The molecule has 0 aliphatic rings. The maximum Gasteiger partial charge on any atom is 0.234 e. The molecule has 0 saturated heterocycles. The molecule has 0 aliphatic heterocycles. The second-order valence-corrected chi connectivity index (χ2v) is 7.94. The third-order valence-corrected chi connectivity index (χ3v) is 5.54. The van der Waals surface area contributed by atoms with Gasteiger partial charge in [0.2, 0.25) is 5.91 Å². The molecule has 2 aromatic carbocycles. The molecule has 0 bridgehead atoms. The summed E-state index contributed by atoms with van der Waals surface area (Å²) in [7, 11) is 1.61. The minimum Gasteiger partial charge on any atom is -0.497 e. The van der Waals surface area contributed by atoms with E-state index in [1.165, 1.54) is 11.8 Å². The lowest BCUT2D eigenvalue weighted by Crippen LogP contribution is -2.15. The third kappa shape index (κ3) is 6.26. The minimum atomic E-state index is -0.153. The molecule has 31 heavy (non-hydrogen) atoms. The molecule has 1 N–H and O–H groups in total. The van der Waals surface area contributed by atoms with Gasteiger partial charge in [-0.1, -0.05) is 35.5 Å². The van der Waals surface area contributed by atoms with E-state index in [9.17, 15) is 4.79 Å². The van der Waals surface area contributed by atoms with Crippen molar-refractivity contribution in [2.24, 2.45) is 0 Å². The van der Waals surface area contributed by atoms with Crippen LogP contribution < -0.4 is 14.8 Å². The SMILES string of the molecule is C=CCn1c(COc2ccc(OC)cc2)nnc1SCC(=O)Nc1cc(Cl)ccc1C. The highest BCUT2D eigenvalue weighted by molar-refractivity contribution is 7.99. The van der Waals surface area contributed by atoms with Crippen LogP contribution in [0.4, 0.5) is 5.69 Å². The van der Waals surface area contributed by atoms with E-state index in [0.29, 0.717) is 34.0 Å². The van der Waals surface area contributed by atoms with E-state index in [2.05, 4.69) is 22.1 Å². The number of aryl methyl sites for hydroxylation is 1. The number of methoxy groups -OCH3 is 1. The minimum absolute atomic E-state index is 0.153. The van der Waals surface area contributed by atoms with Crippen molar-refractivity contribution in [3.63, 3.8) is 0 Å². The zero-order valence-electron chi connectivity index (χ0n) is 17.3. The fourth-order valence-electron chi connectivity index (χ4n) is 2.71. The number of ether oxygens (including phenoxy) is 2. The topological polar surface area (TPSA) is 78.3 Å². The van der Waals surface area contributed by atoms with Gasteiger partial charge in [-0.2, -0.15) is 0 Å². The van der Waals surface area contributed by atoms with Gasteiger partial charge in [-0.15, -0.1) is 16.8 Å². The van der Waals surface area contributed by atoms with Crippen LogP contribution in [0.2, 0.25) is 5.02 Å². The van der Waals surface area contributed by atoms with Gasteiger partial charge in [0.15, 0.2) is 11.0 Å². The Balaban J connectivity index is 1.61. The number of allylic oxidation sites excluding steroid dienone is 1. The summed E-state index contributed by atoms with van der Waals surface area (Å²) in [4.78, 5) is 12.4. The van der Waals surface area contributed by atoms with Crippen LogP contribution in [0.15, 0.2) is 60.3 Å². The molecule has 3 rings (SSSR count). The van der Waals surface area contributed by atoms with Crippen LogP contribution in [0.25, 0.3) is 0 Å². The molecular formula is C22H23ClN4O3S. The molecule has 0 atom stereocenters. The molecule has 0 aliphatic carbocycles. The van der Waals surface area contributed by atoms with Gasteiger partial charge in [0.05, 0.1) is 12.9 Å². The first kappa shape index (κ1) is 22.7. The largest absolute Gasteiger partial charge is 0.497 e. The van der Waals surface area contributed by atoms with Crippen molar-refractivity contribution in [2.75, 3.05) is 18.2 Å². The predicted octanol–water partition coefficient (Wildman–Crippen LogP) is 4.74. The van der Waals surface area contributed by atoms with Crippen molar-refractivity contribution < 1.29 is 14.3 Å². The molecule has 0 spiro atoms. The summed E-state index contributed by atoms with van der Waals surface area (Å²) in [5, 5.41) is 12.5. The average Bonchev–Trinajstić information content (AvgIpc) is 3.15. The number of rotatable bonds is 10. The lowest BCUT2D eigenvalue weighted by molar-refractivity contribution is -0.113. The number of benzene rings is 2. The Morgan fingerprint density at radius 1 is 1.23 bits per heavy atom. The number of carbonyl (C=O) groups is 1. The van der Waals surface area contributed by atoms with E-state index < -0.39 is 0 Å². The molecule has 1 heterocycles. The number of aromatic nitrogens is 3. The summed E-state index contributed by atoms with van der Waals surface area (Å²) >= 11 is 7.31. The molecular weight excluding hydrogens is 436 g/mol. The molecule has 1 amide bonds. The summed E-state index contributed by atoms with van der Waals surface area (Å²) in [5.74, 6) is 2.12. The van der Waals surface area contributed by atoms with Crippen molar-refractivity contribution in [2.45, 2.75) is 25.2 Å². The average molecular weight is 459 g/mol. The van der Waals surface area contributed by atoms with Crippen molar-refractivity contribution in [1.82, 2.24) is 14.8 Å². The van der Waals surface area contributed by atoms with Crippen LogP contribution >= 0.6 is 23.4 Å². The van der Waals surface area contributed by atoms with E-state index in [4.69, 9.17) is 21.1 Å². The molecule has 7 nitrogen and oxygen atoms in total. The summed E-state index contributed by atoms with van der Waals surface area (Å²) in [6.45, 7) is 6.45. The molecule has 3 aromatic rings. The Hall–Kier alpha value is -2.97. The number of thioether (sulfide) groups is 1. The first-order valence-electron chi connectivity index (χ1n) is 9.48. The molecule has 162 valence electrons. The number of carbonyl (C=O) groups excluding carboxylic acids is 1. The zero-order valence-corrected chi connectivity index (χ0v) is 18.9. The molecule has 1 aromatic heterocycles. The molecule has 0 saturated carbocycles. The van der Waals surface area contributed by atoms with Crippen molar-refractivity contribution in [3.8, 4) is 11.5 Å². The second-order valence-electron chi connectivity index (χ2n) is 6.56. The fourth-order valence-corrected chi connectivity index (χ4v) is 3.65. The van der Waals surface area contributed by atoms with Crippen LogP contribution in [0.1, 0.15) is 11.4 Å². The molecule has 0 fully saturated rings. The van der Waals surface area contributed by atoms with Gasteiger partial charge in [-0.3, -0.25) is 9.36 Å². The van der Waals surface area contributed by atoms with Crippen LogP contribution in [0, 0.1) is 6.92 Å². The fraction of sp³-hybridized carbons (Fsp3) is 0.227. The molecule has 9 heteroatoms. The lowest BCUT2D eigenvalue weighted by Gasteiger charge is -2.10. The third-order valence-electron chi connectivity index (χ3n) is 4.34. The Bertz CT molecular complexity index is 1050. The highest BCUT2D eigenvalue weighted by Gasteiger charge is 2.15. The number of nitrogens with zero attached hydrogens (tertiary/aromatic N) is 3. The molecule has 0 radical (unpaired) electrons. The van der Waals surface area contributed by atoms with Gasteiger partial charge < -0.3 is 14.8 Å². The van der Waals surface area contributed by atoms with Crippen LogP contribution in [-0.4, -0.2) is 33.5 Å². The van der Waals surface area contributed by atoms with E-state index in [0.717, 1.165) is 11.3 Å². The first-order valence-corrected chi connectivity index (χ1v) is 10.8. The first-order chi connectivity index (χ1) is 15.0. The summed E-state index contributed by atoms with van der Waals surface area (Å²) < 4.78 is 12.8. The highest BCUT2D eigenvalue weighted by atomic mass is 35.5. The lowest BCUT2D eigenvalue weighted by atomic mass is 10.2. The smallest absolute Gasteiger partial charge is 0.234 e. The van der Waals surface area contributed by atoms with Crippen molar-refractivity contribution >= 4 is 35.0 Å². The zero-order chi connectivity index (χ0) is 22.2. The number of halogens is 1. The van der Waals surface area contributed by atoms with Gasteiger partial charge in [0, 0.05) is 17.3 Å². The van der Waals surface area contributed by atoms with Gasteiger partial charge in [-0.05, 0) is 48.9 Å². The number of hydrogen-bond acceptors (Lipinski definition) is 6. The van der Waals surface area contributed by atoms with E-state index >= 15 is 0 Å². The number of nitrogens with one attached hydrogen (secondary N) is 1. The van der Waals surface area contributed by atoms with E-state index in [1.807, 2.05) is 41.8 Å². The maximum absolute atomic E-state index is 12.4. The normalized spacial score (nSPS) is 10.5. The standard InChI is InChI=1S/C22H23ClN4O3S/c1-4-11-27-20(13-30-18-9-7-17(29-3)8-10-18)25-26-22(27)31-14-21(28)24-19-12-16(23)6-5-15(19)2/h4-10,12H,1,11,13-14H2,2-3H3,(H,24,28). The van der Waals surface area contributed by atoms with E-state index in [1.54, 1.807) is 25.3 Å². The van der Waals surface area contributed by atoms with Crippen LogP contribution in [0.5, 0.6) is 11.5 Å². The highest BCUT2D eigenvalue weighted by Crippen LogP contribution is 2.23. The van der Waals surface area contributed by atoms with Gasteiger partial charge in [0.25, 0.3) is 0 Å². The number of amides is 1. The van der Waals surface area contributed by atoms with Crippen LogP contribution in [-0.2, 0) is 17.9 Å². The summed E-state index contributed by atoms with van der Waals surface area (Å²) in [6, 6.07) is 12.7. The monoisotopic (exact) mass is 458 g/mol. The van der Waals surface area contributed by atoms with Crippen LogP contribution in [0.3, 0.4) is 0 Å². The quantitative estimate of drug-likeness (QED) is 0.349. The van der Waals surface area contributed by atoms with Gasteiger partial charge in [-0.25, -0.2) is 0 Å². The Morgan fingerprint density at radius 2 is 1.97 bits per heavy atom. The molecule has 0 unspecified atom stereocenters. The number of anilines is 1. The number of hydrogen-bond donors (Lipinski definition) is 1. The second kappa shape index (κ2) is 10.9. The van der Waals surface area contributed by atoms with Crippen molar-refractivity contribution in [1.29, 1.82) is 0 Å². The Kier molecular flexibility index (Phi) is 7.97. The summed E-state index contributed by atoms with van der Waals surface area (Å²) in [5.41, 5.74) is 1.63. The maximum atomic E-state index is 12.4. The van der Waals surface area contributed by atoms with E-state index in [-0.39, 0.29) is 18.3 Å². The summed E-state index contributed by atoms with van der Waals surface area (Å²) in [6.07, 6.45) is 1.75. The van der Waals surface area contributed by atoms with Gasteiger partial charge >= 0.3 is 0 Å². The van der Waals surface area contributed by atoms with Gasteiger partial charge in [0.1, 0.15) is 18.1 Å². The predicted molar refractivity (Wildman–Crippen MR) is 123 cm³/mol. The Morgan fingerprint density at radius 3 is 2.68 bits per heavy atom.